The van der Waals surface area contributed by atoms with Gasteiger partial charge in [-0.25, -0.2) is 0 Å². The van der Waals surface area contributed by atoms with Crippen molar-refractivity contribution in [1.29, 1.82) is 0 Å². The van der Waals surface area contributed by atoms with Crippen LogP contribution in [0.4, 0.5) is 0 Å². The maximum atomic E-state index is 12.2. The topological polar surface area (TPSA) is 104 Å². The molecule has 6 nitrogen and oxygen atoms in total. The minimum Gasteiger partial charge on any atom is -0.393 e. The molecule has 7 heteroatoms. The highest BCUT2D eigenvalue weighted by molar-refractivity contribution is 7.85. The molecule has 4 rings (SSSR count). The van der Waals surface area contributed by atoms with Gasteiger partial charge in [0.15, 0.2) is 0 Å². The molecule has 4 unspecified atom stereocenters. The fourth-order valence-electron chi connectivity index (χ4n) is 9.20. The lowest BCUT2D eigenvalue weighted by atomic mass is 9.44. The molecule has 0 heterocycles. The second-order valence-electron chi connectivity index (χ2n) is 12.4. The van der Waals surface area contributed by atoms with E-state index in [0.717, 1.165) is 12.8 Å². The maximum absolute atomic E-state index is 12.2. The van der Waals surface area contributed by atoms with Crippen molar-refractivity contribution in [2.45, 2.75) is 97.5 Å². The summed E-state index contributed by atoms with van der Waals surface area (Å²) in [6.07, 6.45) is 12.2. The molecular weight excluding hydrogens is 438 g/mol. The smallest absolute Gasteiger partial charge is 0.266 e. The van der Waals surface area contributed by atoms with Crippen molar-refractivity contribution in [3.8, 4) is 0 Å². The zero-order valence-electron chi connectivity index (χ0n) is 20.8. The number of rotatable bonds is 7. The van der Waals surface area contributed by atoms with E-state index < -0.39 is 15.9 Å². The summed E-state index contributed by atoms with van der Waals surface area (Å²) >= 11 is 0. The Morgan fingerprint density at radius 1 is 1.06 bits per heavy atom. The molecule has 0 radical (unpaired) electrons. The number of amides is 1. The largest absolute Gasteiger partial charge is 0.393 e. The van der Waals surface area contributed by atoms with Crippen molar-refractivity contribution < 1.29 is 22.9 Å². The second kappa shape index (κ2) is 9.42. The molecule has 1 amide bonds. The lowest BCUT2D eigenvalue weighted by Gasteiger charge is -2.62. The van der Waals surface area contributed by atoms with Crippen LogP contribution in [0.1, 0.15) is 91.4 Å². The number of hydrogen-bond acceptors (Lipinski definition) is 4. The van der Waals surface area contributed by atoms with Crippen LogP contribution in [0.25, 0.3) is 0 Å². The maximum Gasteiger partial charge on any atom is 0.266 e. The van der Waals surface area contributed by atoms with E-state index >= 15 is 0 Å². The van der Waals surface area contributed by atoms with Crippen molar-refractivity contribution in [2.75, 3.05) is 12.3 Å². The first-order valence-corrected chi connectivity index (χ1v) is 15.0. The van der Waals surface area contributed by atoms with Gasteiger partial charge in [-0.1, -0.05) is 33.6 Å². The molecule has 4 aliphatic carbocycles. The van der Waals surface area contributed by atoms with E-state index in [-0.39, 0.29) is 24.0 Å². The third kappa shape index (κ3) is 4.88. The molecule has 190 valence electrons. The van der Waals surface area contributed by atoms with E-state index in [4.69, 9.17) is 4.55 Å². The third-order valence-corrected chi connectivity index (χ3v) is 11.6. The molecule has 4 fully saturated rings. The van der Waals surface area contributed by atoms with Gasteiger partial charge >= 0.3 is 0 Å². The van der Waals surface area contributed by atoms with E-state index in [9.17, 15) is 18.3 Å². The van der Waals surface area contributed by atoms with Gasteiger partial charge in [-0.05, 0) is 97.7 Å². The van der Waals surface area contributed by atoms with Crippen LogP contribution >= 0.6 is 0 Å². The Morgan fingerprint density at radius 2 is 1.79 bits per heavy atom. The summed E-state index contributed by atoms with van der Waals surface area (Å²) in [5, 5.41) is 14.0. The number of fused-ring (bicyclic) bond motifs is 5. The highest BCUT2D eigenvalue weighted by Crippen LogP contribution is 2.68. The monoisotopic (exact) mass is 483 g/mol. The normalized spacial score (nSPS) is 43.8. The first-order chi connectivity index (χ1) is 15.5. The fraction of sp³-hybridized carbons (Fsp3) is 0.962. The summed E-state index contributed by atoms with van der Waals surface area (Å²) in [6.45, 7) is 7.23. The highest BCUT2D eigenvalue weighted by Gasteiger charge is 2.62. The molecule has 0 spiro atoms. The van der Waals surface area contributed by atoms with Crippen LogP contribution in [0.3, 0.4) is 0 Å². The minimum atomic E-state index is -4.05. The van der Waals surface area contributed by atoms with Crippen molar-refractivity contribution in [3.63, 3.8) is 0 Å². The molecule has 33 heavy (non-hydrogen) atoms. The van der Waals surface area contributed by atoms with Crippen LogP contribution in [-0.2, 0) is 14.9 Å². The van der Waals surface area contributed by atoms with Crippen molar-refractivity contribution in [2.24, 2.45) is 46.3 Å². The molecule has 3 N–H and O–H groups in total. The van der Waals surface area contributed by atoms with Crippen LogP contribution in [-0.4, -0.2) is 42.4 Å². The summed E-state index contributed by atoms with van der Waals surface area (Å²) in [7, 11) is -4.05. The Kier molecular flexibility index (Phi) is 7.26. The second-order valence-corrected chi connectivity index (χ2v) is 14.0. The number of carbonyl (C=O) groups excluding carboxylic acids is 1. The Labute approximate surface area is 200 Å². The van der Waals surface area contributed by atoms with E-state index in [0.29, 0.717) is 47.3 Å². The summed E-state index contributed by atoms with van der Waals surface area (Å²) < 4.78 is 30.5. The van der Waals surface area contributed by atoms with E-state index in [1.807, 2.05) is 0 Å². The fourth-order valence-corrected chi connectivity index (χ4v) is 9.56. The molecule has 0 aromatic carbocycles. The van der Waals surface area contributed by atoms with Gasteiger partial charge in [-0.2, -0.15) is 8.42 Å². The number of hydrogen-bond donors (Lipinski definition) is 3. The van der Waals surface area contributed by atoms with E-state index in [1.165, 1.54) is 51.4 Å². The van der Waals surface area contributed by atoms with Gasteiger partial charge in [0.2, 0.25) is 5.91 Å². The SMILES string of the molecule is C[C@H](CCC(=O)NCCS(=O)(=O)O)[C@H]1CCC2C3C(CC[C@@]21C)[C@@]1(C)CCCCC1C[C@@H]3O. The summed E-state index contributed by atoms with van der Waals surface area (Å²) in [4.78, 5) is 12.2. The molecular formula is C26H45NO5S. The van der Waals surface area contributed by atoms with Crippen LogP contribution in [0.2, 0.25) is 0 Å². The van der Waals surface area contributed by atoms with E-state index in [2.05, 4.69) is 26.1 Å². The zero-order chi connectivity index (χ0) is 24.0. The summed E-state index contributed by atoms with van der Waals surface area (Å²) in [5.41, 5.74) is 0.647. The molecule has 0 aliphatic heterocycles. The van der Waals surface area contributed by atoms with Gasteiger partial charge in [0.1, 0.15) is 0 Å². The number of nitrogens with one attached hydrogen (secondary N) is 1. The predicted octanol–water partition coefficient (Wildman–Crippen LogP) is 4.43. The van der Waals surface area contributed by atoms with Gasteiger partial charge < -0.3 is 10.4 Å². The Balaban J connectivity index is 1.38. The average Bonchev–Trinajstić information content (AvgIpc) is 3.08. The molecule has 0 bridgehead atoms. The van der Waals surface area contributed by atoms with Crippen LogP contribution in [0.15, 0.2) is 0 Å². The van der Waals surface area contributed by atoms with Crippen LogP contribution < -0.4 is 5.32 Å². The lowest BCUT2D eigenvalue weighted by molar-refractivity contribution is -0.164. The highest BCUT2D eigenvalue weighted by atomic mass is 32.2. The van der Waals surface area contributed by atoms with Gasteiger partial charge in [-0.3, -0.25) is 9.35 Å². The van der Waals surface area contributed by atoms with Crippen molar-refractivity contribution >= 4 is 16.0 Å². The molecule has 4 aliphatic rings. The van der Waals surface area contributed by atoms with Crippen molar-refractivity contribution in [3.05, 3.63) is 0 Å². The zero-order valence-corrected chi connectivity index (χ0v) is 21.6. The third-order valence-electron chi connectivity index (χ3n) is 10.9. The molecule has 9 atom stereocenters. The van der Waals surface area contributed by atoms with Gasteiger partial charge in [0, 0.05) is 13.0 Å². The predicted molar refractivity (Wildman–Crippen MR) is 129 cm³/mol. The lowest BCUT2D eigenvalue weighted by Crippen LogP contribution is -2.57. The standard InChI is InChI=1S/C26H45NO5S/c1-17(7-10-23(29)27-14-15-33(30,31)32)19-8-9-20-24-21(11-13-26(19,20)3)25(2)12-5-4-6-18(25)16-22(24)28/h17-22,24,28H,4-16H2,1-3H3,(H,27,29)(H,30,31,32)/t17-,18?,19-,20?,21?,22+,24?,25+,26-/m1/s1. The number of aliphatic hydroxyl groups is 1. The minimum absolute atomic E-state index is 0.0457. The summed E-state index contributed by atoms with van der Waals surface area (Å²) in [6, 6.07) is 0. The van der Waals surface area contributed by atoms with Gasteiger partial charge in [0.05, 0.1) is 11.9 Å². The first-order valence-electron chi connectivity index (χ1n) is 13.4. The number of aliphatic hydroxyl groups excluding tert-OH is 1. The Bertz CT molecular complexity index is 831. The quantitative estimate of drug-likeness (QED) is 0.465. The van der Waals surface area contributed by atoms with E-state index in [1.54, 1.807) is 0 Å². The first kappa shape index (κ1) is 25.4. The van der Waals surface area contributed by atoms with Crippen LogP contribution in [0.5, 0.6) is 0 Å². The molecule has 0 saturated heterocycles. The molecule has 4 saturated carbocycles. The van der Waals surface area contributed by atoms with Gasteiger partial charge in [-0.15, -0.1) is 0 Å². The molecule has 0 aromatic heterocycles. The Morgan fingerprint density at radius 3 is 2.52 bits per heavy atom. The number of carbonyl (C=O) groups is 1. The van der Waals surface area contributed by atoms with Crippen LogP contribution in [0, 0.1) is 46.3 Å². The van der Waals surface area contributed by atoms with Crippen molar-refractivity contribution in [1.82, 2.24) is 5.32 Å². The molecule has 0 aromatic rings. The average molecular weight is 484 g/mol. The summed E-state index contributed by atoms with van der Waals surface area (Å²) in [5.74, 6) is 2.77. The van der Waals surface area contributed by atoms with Gasteiger partial charge in [0.25, 0.3) is 10.1 Å². The Hall–Kier alpha value is -0.660.